The quantitative estimate of drug-likeness (QED) is 0.373. The summed E-state index contributed by atoms with van der Waals surface area (Å²) in [4.78, 5) is 23.5. The molecule has 0 amide bonds. The molecule has 0 spiro atoms. The summed E-state index contributed by atoms with van der Waals surface area (Å²) in [6, 6.07) is 1.86. The molecular formula is C17H22F2O2. The van der Waals surface area contributed by atoms with Gasteiger partial charge in [-0.25, -0.2) is 8.78 Å². The Balaban J connectivity index is 2.49. The van der Waals surface area contributed by atoms with Gasteiger partial charge in [-0.1, -0.05) is 32.6 Å². The normalized spacial score (nSPS) is 10.7. The Bertz CT molecular complexity index is 510. The molecule has 0 aliphatic carbocycles. The van der Waals surface area contributed by atoms with E-state index in [4.69, 9.17) is 0 Å². The molecule has 0 saturated carbocycles. The summed E-state index contributed by atoms with van der Waals surface area (Å²) in [6.45, 7) is 3.53. The van der Waals surface area contributed by atoms with E-state index in [-0.39, 0.29) is 23.3 Å². The Hall–Kier alpha value is -1.58. The van der Waals surface area contributed by atoms with Gasteiger partial charge in [-0.2, -0.15) is 0 Å². The van der Waals surface area contributed by atoms with E-state index in [1.807, 2.05) is 0 Å². The molecule has 0 saturated heterocycles. The van der Waals surface area contributed by atoms with Gasteiger partial charge in [0.2, 0.25) is 0 Å². The first kappa shape index (κ1) is 17.5. The molecular weight excluding hydrogens is 274 g/mol. The second kappa shape index (κ2) is 8.65. The Labute approximate surface area is 124 Å². The molecule has 4 heteroatoms. The molecule has 0 aliphatic rings. The summed E-state index contributed by atoms with van der Waals surface area (Å²) in [5.41, 5.74) is -0.191. The van der Waals surface area contributed by atoms with Crippen LogP contribution in [0.5, 0.6) is 0 Å². The number of hydrogen-bond acceptors (Lipinski definition) is 2. The van der Waals surface area contributed by atoms with Crippen LogP contribution in [0, 0.1) is 18.6 Å². The molecule has 1 aromatic carbocycles. The van der Waals surface area contributed by atoms with Gasteiger partial charge < -0.3 is 0 Å². The third-order valence-electron chi connectivity index (χ3n) is 3.47. The second-order valence-electron chi connectivity index (χ2n) is 5.38. The lowest BCUT2D eigenvalue weighted by molar-refractivity contribution is -0.118. The lowest BCUT2D eigenvalue weighted by atomic mass is 10.0. The van der Waals surface area contributed by atoms with Crippen molar-refractivity contribution in [2.75, 3.05) is 0 Å². The fourth-order valence-corrected chi connectivity index (χ4v) is 2.15. The van der Waals surface area contributed by atoms with E-state index < -0.39 is 17.4 Å². The van der Waals surface area contributed by atoms with Gasteiger partial charge in [-0.15, -0.1) is 0 Å². The molecule has 1 aromatic rings. The minimum Gasteiger partial charge on any atom is -0.299 e. The van der Waals surface area contributed by atoms with Crippen LogP contribution in [-0.2, 0) is 4.79 Å². The van der Waals surface area contributed by atoms with Gasteiger partial charge in [-0.3, -0.25) is 9.59 Å². The van der Waals surface area contributed by atoms with E-state index in [1.54, 1.807) is 0 Å². The van der Waals surface area contributed by atoms with Crippen LogP contribution in [-0.4, -0.2) is 11.6 Å². The highest BCUT2D eigenvalue weighted by Crippen LogP contribution is 2.16. The van der Waals surface area contributed by atoms with Crippen molar-refractivity contribution in [2.45, 2.75) is 58.8 Å². The maximum absolute atomic E-state index is 13.6. The first-order chi connectivity index (χ1) is 9.95. The fraction of sp³-hybridized carbons (Fsp3) is 0.529. The van der Waals surface area contributed by atoms with Crippen molar-refractivity contribution in [3.8, 4) is 0 Å². The van der Waals surface area contributed by atoms with Gasteiger partial charge in [0.1, 0.15) is 17.4 Å². The summed E-state index contributed by atoms with van der Waals surface area (Å²) in [7, 11) is 0. The molecule has 116 valence electrons. The molecule has 0 aromatic heterocycles. The van der Waals surface area contributed by atoms with E-state index in [9.17, 15) is 18.4 Å². The van der Waals surface area contributed by atoms with Crippen molar-refractivity contribution in [1.82, 2.24) is 0 Å². The summed E-state index contributed by atoms with van der Waals surface area (Å²) in [5.74, 6) is -2.26. The van der Waals surface area contributed by atoms with Crippen molar-refractivity contribution < 1.29 is 18.4 Å². The number of hydrogen-bond donors (Lipinski definition) is 0. The van der Waals surface area contributed by atoms with Crippen molar-refractivity contribution in [3.63, 3.8) is 0 Å². The van der Waals surface area contributed by atoms with Gasteiger partial charge in [0.05, 0.1) is 12.0 Å². The number of carbonyl (C=O) groups is 2. The molecule has 2 nitrogen and oxygen atoms in total. The molecule has 0 radical (unpaired) electrons. The molecule has 0 atom stereocenters. The average molecular weight is 296 g/mol. The number of halogens is 2. The minimum absolute atomic E-state index is 0.145. The van der Waals surface area contributed by atoms with E-state index in [1.165, 1.54) is 6.92 Å². The number of ketones is 2. The van der Waals surface area contributed by atoms with Crippen molar-refractivity contribution in [1.29, 1.82) is 0 Å². The Morgan fingerprint density at radius 2 is 1.67 bits per heavy atom. The van der Waals surface area contributed by atoms with Crippen LogP contribution < -0.4 is 0 Å². The van der Waals surface area contributed by atoms with E-state index in [0.29, 0.717) is 6.42 Å². The topological polar surface area (TPSA) is 34.1 Å². The zero-order valence-electron chi connectivity index (χ0n) is 12.7. The summed E-state index contributed by atoms with van der Waals surface area (Å²) >= 11 is 0. The lowest BCUT2D eigenvalue weighted by Gasteiger charge is -2.05. The zero-order valence-corrected chi connectivity index (χ0v) is 12.7. The van der Waals surface area contributed by atoms with Crippen LogP contribution in [0.15, 0.2) is 12.1 Å². The van der Waals surface area contributed by atoms with Crippen LogP contribution in [0.25, 0.3) is 0 Å². The molecule has 0 aliphatic heterocycles. The molecule has 0 N–H and O–H groups in total. The number of carbonyl (C=O) groups excluding carboxylic acids is 2. The zero-order chi connectivity index (χ0) is 15.8. The number of benzene rings is 1. The van der Waals surface area contributed by atoms with Crippen molar-refractivity contribution >= 4 is 11.6 Å². The largest absolute Gasteiger partial charge is 0.299 e. The molecule has 0 unspecified atom stereocenters. The van der Waals surface area contributed by atoms with Crippen LogP contribution >= 0.6 is 0 Å². The van der Waals surface area contributed by atoms with Gasteiger partial charge >= 0.3 is 0 Å². The Kier molecular flexibility index (Phi) is 7.20. The third kappa shape index (κ3) is 5.74. The van der Waals surface area contributed by atoms with Crippen LogP contribution in [0.2, 0.25) is 0 Å². The van der Waals surface area contributed by atoms with Crippen molar-refractivity contribution in [3.05, 3.63) is 34.9 Å². The highest BCUT2D eigenvalue weighted by atomic mass is 19.1. The Morgan fingerprint density at radius 3 is 2.33 bits per heavy atom. The van der Waals surface area contributed by atoms with E-state index in [2.05, 4.69) is 6.92 Å². The maximum Gasteiger partial charge on any atom is 0.173 e. The number of aryl methyl sites for hydroxylation is 1. The van der Waals surface area contributed by atoms with E-state index >= 15 is 0 Å². The van der Waals surface area contributed by atoms with Gasteiger partial charge in [0.25, 0.3) is 0 Å². The van der Waals surface area contributed by atoms with Crippen LogP contribution in [0.4, 0.5) is 8.78 Å². The summed E-state index contributed by atoms with van der Waals surface area (Å²) in [6.07, 6.45) is 5.03. The molecule has 21 heavy (non-hydrogen) atoms. The summed E-state index contributed by atoms with van der Waals surface area (Å²) < 4.78 is 27.0. The molecule has 0 bridgehead atoms. The molecule has 0 heterocycles. The SMILES string of the molecule is CCCCCCCC(=O)CC(=O)c1cc(F)c(C)cc1F. The first-order valence-electron chi connectivity index (χ1n) is 7.46. The predicted octanol–water partition coefficient (Wildman–Crippen LogP) is 4.78. The average Bonchev–Trinajstić information content (AvgIpc) is 2.42. The highest BCUT2D eigenvalue weighted by Gasteiger charge is 2.17. The monoisotopic (exact) mass is 296 g/mol. The molecule has 1 rings (SSSR count). The van der Waals surface area contributed by atoms with E-state index in [0.717, 1.165) is 44.2 Å². The number of rotatable bonds is 9. The number of unbranched alkanes of at least 4 members (excludes halogenated alkanes) is 4. The fourth-order valence-electron chi connectivity index (χ4n) is 2.15. The van der Waals surface area contributed by atoms with Gasteiger partial charge in [0.15, 0.2) is 5.78 Å². The predicted molar refractivity (Wildman–Crippen MR) is 78.4 cm³/mol. The van der Waals surface area contributed by atoms with Crippen molar-refractivity contribution in [2.24, 2.45) is 0 Å². The lowest BCUT2D eigenvalue weighted by Crippen LogP contribution is -2.10. The Morgan fingerprint density at radius 1 is 1.00 bits per heavy atom. The maximum atomic E-state index is 13.6. The standard InChI is InChI=1S/C17H22F2O2/c1-3-4-5-6-7-8-13(20)10-17(21)14-11-15(18)12(2)9-16(14)19/h9,11H,3-8,10H2,1-2H3. The first-order valence-corrected chi connectivity index (χ1v) is 7.46. The van der Waals surface area contributed by atoms with Crippen LogP contribution in [0.1, 0.15) is 67.8 Å². The number of Topliss-reactive ketones (excluding diaryl/α,β-unsaturated/α-hetero) is 2. The van der Waals surface area contributed by atoms with Gasteiger partial charge in [0, 0.05) is 6.42 Å². The molecule has 0 fully saturated rings. The summed E-state index contributed by atoms with van der Waals surface area (Å²) in [5, 5.41) is 0. The smallest absolute Gasteiger partial charge is 0.173 e. The second-order valence-corrected chi connectivity index (χ2v) is 5.38. The van der Waals surface area contributed by atoms with Gasteiger partial charge in [-0.05, 0) is 31.0 Å². The highest BCUT2D eigenvalue weighted by molar-refractivity contribution is 6.08. The third-order valence-corrected chi connectivity index (χ3v) is 3.47. The minimum atomic E-state index is -0.769. The van der Waals surface area contributed by atoms with Crippen LogP contribution in [0.3, 0.4) is 0 Å².